The van der Waals surface area contributed by atoms with Gasteiger partial charge in [-0.05, 0) is 37.0 Å². The molecule has 14 heavy (non-hydrogen) atoms. The maximum absolute atomic E-state index is 6.02. The highest BCUT2D eigenvalue weighted by Gasteiger charge is 2.06. The number of nitrogens with two attached hydrogens (primary N) is 1. The Morgan fingerprint density at radius 2 is 2.29 bits per heavy atom. The van der Waals surface area contributed by atoms with E-state index in [2.05, 4.69) is 6.58 Å². The van der Waals surface area contributed by atoms with Gasteiger partial charge in [0.25, 0.3) is 0 Å². The lowest BCUT2D eigenvalue weighted by molar-refractivity contribution is 0.661. The summed E-state index contributed by atoms with van der Waals surface area (Å²) in [6, 6.07) is 6.05. The number of allylic oxidation sites excluding steroid dienone is 1. The van der Waals surface area contributed by atoms with Crippen molar-refractivity contribution in [2.75, 3.05) is 0 Å². The minimum absolute atomic E-state index is 0.0612. The minimum Gasteiger partial charge on any atom is -0.324 e. The van der Waals surface area contributed by atoms with Crippen LogP contribution in [-0.4, -0.2) is 0 Å². The number of benzene rings is 1. The van der Waals surface area contributed by atoms with E-state index in [0.717, 1.165) is 29.0 Å². The summed E-state index contributed by atoms with van der Waals surface area (Å²) in [6.07, 6.45) is 3.74. The third-order valence-corrected chi connectivity index (χ3v) is 2.71. The van der Waals surface area contributed by atoms with Crippen molar-refractivity contribution in [3.05, 3.63) is 47.0 Å². The summed E-state index contributed by atoms with van der Waals surface area (Å²) in [5.41, 5.74) is 8.18. The third kappa shape index (κ3) is 2.86. The largest absolute Gasteiger partial charge is 0.324 e. The lowest BCUT2D eigenvalue weighted by Crippen LogP contribution is -2.09. The minimum atomic E-state index is 0.0612. The summed E-state index contributed by atoms with van der Waals surface area (Å²) in [5.74, 6) is 0. The Hall–Kier alpha value is -0.790. The Labute approximate surface area is 90.6 Å². The molecule has 0 bridgehead atoms. The normalized spacial score (nSPS) is 12.5. The maximum atomic E-state index is 6.02. The van der Waals surface area contributed by atoms with Crippen LogP contribution in [0.3, 0.4) is 0 Å². The van der Waals surface area contributed by atoms with Gasteiger partial charge in [0, 0.05) is 11.1 Å². The van der Waals surface area contributed by atoms with Gasteiger partial charge in [-0.15, -0.1) is 6.58 Å². The quantitative estimate of drug-likeness (QED) is 0.754. The number of hydrogen-bond acceptors (Lipinski definition) is 1. The summed E-state index contributed by atoms with van der Waals surface area (Å²) in [7, 11) is 0. The van der Waals surface area contributed by atoms with E-state index in [-0.39, 0.29) is 6.04 Å². The van der Waals surface area contributed by atoms with Gasteiger partial charge in [0.1, 0.15) is 0 Å². The van der Waals surface area contributed by atoms with Crippen LogP contribution < -0.4 is 5.73 Å². The highest BCUT2D eigenvalue weighted by Crippen LogP contribution is 2.22. The van der Waals surface area contributed by atoms with Gasteiger partial charge in [-0.1, -0.05) is 29.8 Å². The molecular formula is C12H16ClN. The van der Waals surface area contributed by atoms with Crippen LogP contribution in [0.2, 0.25) is 5.02 Å². The lowest BCUT2D eigenvalue weighted by Gasteiger charge is -2.11. The predicted octanol–water partition coefficient (Wildman–Crippen LogP) is 3.61. The number of rotatable bonds is 4. The summed E-state index contributed by atoms with van der Waals surface area (Å²) in [6.45, 7) is 5.66. The molecule has 0 aromatic heterocycles. The zero-order valence-electron chi connectivity index (χ0n) is 8.46. The van der Waals surface area contributed by atoms with Crippen molar-refractivity contribution in [1.29, 1.82) is 0 Å². The van der Waals surface area contributed by atoms with Crippen LogP contribution >= 0.6 is 11.6 Å². The van der Waals surface area contributed by atoms with Crippen molar-refractivity contribution in [2.24, 2.45) is 5.73 Å². The molecule has 76 valence electrons. The smallest absolute Gasteiger partial charge is 0.0438 e. The van der Waals surface area contributed by atoms with Crippen LogP contribution in [0.25, 0.3) is 0 Å². The molecule has 2 N–H and O–H groups in total. The molecule has 1 aromatic carbocycles. The second kappa shape index (κ2) is 5.18. The van der Waals surface area contributed by atoms with Gasteiger partial charge in [0.15, 0.2) is 0 Å². The fourth-order valence-electron chi connectivity index (χ4n) is 1.30. The predicted molar refractivity (Wildman–Crippen MR) is 62.5 cm³/mol. The molecular weight excluding hydrogens is 194 g/mol. The second-order valence-corrected chi connectivity index (χ2v) is 3.89. The zero-order chi connectivity index (χ0) is 10.6. The topological polar surface area (TPSA) is 26.0 Å². The Balaban J connectivity index is 2.75. The molecule has 2 heteroatoms. The van der Waals surface area contributed by atoms with E-state index >= 15 is 0 Å². The first-order chi connectivity index (χ1) is 6.65. The van der Waals surface area contributed by atoms with Gasteiger partial charge >= 0.3 is 0 Å². The van der Waals surface area contributed by atoms with E-state index in [4.69, 9.17) is 17.3 Å². The van der Waals surface area contributed by atoms with Crippen LogP contribution in [0.4, 0.5) is 0 Å². The summed E-state index contributed by atoms with van der Waals surface area (Å²) >= 11 is 6.02. The van der Waals surface area contributed by atoms with E-state index < -0.39 is 0 Å². The van der Waals surface area contributed by atoms with Crippen LogP contribution in [0.15, 0.2) is 30.9 Å². The van der Waals surface area contributed by atoms with Crippen LogP contribution in [0.1, 0.15) is 30.0 Å². The van der Waals surface area contributed by atoms with Gasteiger partial charge < -0.3 is 5.73 Å². The van der Waals surface area contributed by atoms with Gasteiger partial charge in [0.2, 0.25) is 0 Å². The van der Waals surface area contributed by atoms with Crippen molar-refractivity contribution >= 4 is 11.6 Å². The molecule has 0 aliphatic carbocycles. The monoisotopic (exact) mass is 209 g/mol. The summed E-state index contributed by atoms with van der Waals surface area (Å²) in [5, 5.41) is 0.788. The van der Waals surface area contributed by atoms with Gasteiger partial charge in [-0.25, -0.2) is 0 Å². The molecule has 0 saturated carbocycles. The SMILES string of the molecule is C=CCC[C@H](N)c1ccc(C)c(Cl)c1. The third-order valence-electron chi connectivity index (χ3n) is 2.31. The first-order valence-corrected chi connectivity index (χ1v) is 5.15. The molecule has 0 unspecified atom stereocenters. The Morgan fingerprint density at radius 3 is 2.86 bits per heavy atom. The summed E-state index contributed by atoms with van der Waals surface area (Å²) in [4.78, 5) is 0. The van der Waals surface area contributed by atoms with Crippen LogP contribution in [0, 0.1) is 6.92 Å². The van der Waals surface area contributed by atoms with Crippen molar-refractivity contribution in [2.45, 2.75) is 25.8 Å². The maximum Gasteiger partial charge on any atom is 0.0438 e. The first kappa shape index (κ1) is 11.3. The number of aryl methyl sites for hydroxylation is 1. The van der Waals surface area contributed by atoms with Crippen molar-refractivity contribution in [3.8, 4) is 0 Å². The van der Waals surface area contributed by atoms with Gasteiger partial charge in [-0.2, -0.15) is 0 Å². The van der Waals surface area contributed by atoms with Crippen molar-refractivity contribution in [1.82, 2.24) is 0 Å². The second-order valence-electron chi connectivity index (χ2n) is 3.48. The molecule has 0 aliphatic rings. The molecule has 1 nitrogen and oxygen atoms in total. The fraction of sp³-hybridized carbons (Fsp3) is 0.333. The molecule has 0 amide bonds. The zero-order valence-corrected chi connectivity index (χ0v) is 9.22. The van der Waals surface area contributed by atoms with E-state index in [1.54, 1.807) is 0 Å². The van der Waals surface area contributed by atoms with Crippen LogP contribution in [0.5, 0.6) is 0 Å². The van der Waals surface area contributed by atoms with Crippen molar-refractivity contribution in [3.63, 3.8) is 0 Å². The Morgan fingerprint density at radius 1 is 1.57 bits per heavy atom. The number of halogens is 1. The molecule has 0 spiro atoms. The van der Waals surface area contributed by atoms with Crippen LogP contribution in [-0.2, 0) is 0 Å². The van der Waals surface area contributed by atoms with E-state index in [1.807, 2.05) is 31.2 Å². The Kier molecular flexibility index (Phi) is 4.18. The highest BCUT2D eigenvalue weighted by atomic mass is 35.5. The molecule has 0 heterocycles. The van der Waals surface area contributed by atoms with Gasteiger partial charge in [-0.3, -0.25) is 0 Å². The first-order valence-electron chi connectivity index (χ1n) is 4.77. The molecule has 1 aromatic rings. The lowest BCUT2D eigenvalue weighted by atomic mass is 10.0. The molecule has 0 fully saturated rings. The Bertz CT molecular complexity index is 320. The highest BCUT2D eigenvalue weighted by molar-refractivity contribution is 6.31. The molecule has 1 rings (SSSR count). The summed E-state index contributed by atoms with van der Waals surface area (Å²) < 4.78 is 0. The molecule has 0 saturated heterocycles. The van der Waals surface area contributed by atoms with Crippen molar-refractivity contribution < 1.29 is 0 Å². The van der Waals surface area contributed by atoms with E-state index in [9.17, 15) is 0 Å². The average Bonchev–Trinajstić information content (AvgIpc) is 2.18. The molecule has 0 radical (unpaired) electrons. The van der Waals surface area contributed by atoms with E-state index in [1.165, 1.54) is 0 Å². The fourth-order valence-corrected chi connectivity index (χ4v) is 1.49. The average molecular weight is 210 g/mol. The van der Waals surface area contributed by atoms with Gasteiger partial charge in [0.05, 0.1) is 0 Å². The molecule has 1 atom stereocenters. The standard InChI is InChI=1S/C12H16ClN/c1-3-4-5-12(14)10-7-6-9(2)11(13)8-10/h3,6-8,12H,1,4-5,14H2,2H3/t12-/m0/s1. The van der Waals surface area contributed by atoms with E-state index in [0.29, 0.717) is 0 Å². The molecule has 0 aliphatic heterocycles. The number of hydrogen-bond donors (Lipinski definition) is 1.